The van der Waals surface area contributed by atoms with Crippen LogP contribution in [0.2, 0.25) is 0 Å². The van der Waals surface area contributed by atoms with E-state index in [1.165, 1.54) is 4.90 Å². The second-order valence-electron chi connectivity index (χ2n) is 6.03. The molecule has 0 aliphatic carbocycles. The normalized spacial score (nSPS) is 31.3. The van der Waals surface area contributed by atoms with Crippen LogP contribution in [0.4, 0.5) is 4.79 Å². The van der Waals surface area contributed by atoms with Crippen molar-refractivity contribution >= 4 is 12.1 Å². The minimum atomic E-state index is -0.948. The molecule has 2 heterocycles. The van der Waals surface area contributed by atoms with Gasteiger partial charge in [-0.25, -0.2) is 4.79 Å². The van der Waals surface area contributed by atoms with Crippen LogP contribution in [-0.2, 0) is 14.3 Å². The summed E-state index contributed by atoms with van der Waals surface area (Å²) in [4.78, 5) is 24.8. The summed E-state index contributed by atoms with van der Waals surface area (Å²) in [6.07, 6.45) is -0.447. The smallest absolute Gasteiger partial charge is 0.410 e. The van der Waals surface area contributed by atoms with Gasteiger partial charge in [0.1, 0.15) is 11.0 Å². The zero-order valence-corrected chi connectivity index (χ0v) is 10.9. The Morgan fingerprint density at radius 3 is 2.61 bits per heavy atom. The Kier molecular flexibility index (Phi) is 3.01. The van der Waals surface area contributed by atoms with Crippen LogP contribution in [0.1, 0.15) is 20.8 Å². The molecular formula is C12H19NO5. The van der Waals surface area contributed by atoms with Gasteiger partial charge < -0.3 is 19.5 Å². The lowest BCUT2D eigenvalue weighted by Gasteiger charge is -2.25. The van der Waals surface area contributed by atoms with E-state index >= 15 is 0 Å². The molecule has 0 aromatic rings. The van der Waals surface area contributed by atoms with E-state index in [1.807, 2.05) is 0 Å². The van der Waals surface area contributed by atoms with Gasteiger partial charge in [-0.3, -0.25) is 4.79 Å². The molecular weight excluding hydrogens is 238 g/mol. The highest BCUT2D eigenvalue weighted by Crippen LogP contribution is 2.41. The zero-order valence-electron chi connectivity index (χ0n) is 10.9. The number of carboxylic acids is 1. The van der Waals surface area contributed by atoms with Crippen molar-refractivity contribution < 1.29 is 24.2 Å². The molecule has 102 valence electrons. The van der Waals surface area contributed by atoms with Gasteiger partial charge >= 0.3 is 12.1 Å². The van der Waals surface area contributed by atoms with Gasteiger partial charge in [-0.1, -0.05) is 0 Å². The van der Waals surface area contributed by atoms with Gasteiger partial charge in [0.05, 0.1) is 13.2 Å². The van der Waals surface area contributed by atoms with Gasteiger partial charge in [0, 0.05) is 19.0 Å². The maximum absolute atomic E-state index is 11.9. The lowest BCUT2D eigenvalue weighted by atomic mass is 9.81. The molecule has 1 N–H and O–H groups in total. The van der Waals surface area contributed by atoms with Crippen LogP contribution >= 0.6 is 0 Å². The van der Waals surface area contributed by atoms with E-state index in [1.54, 1.807) is 20.8 Å². The molecule has 6 nitrogen and oxygen atoms in total. The highest BCUT2D eigenvalue weighted by atomic mass is 16.6. The maximum atomic E-state index is 11.9. The van der Waals surface area contributed by atoms with Crippen molar-refractivity contribution in [3.8, 4) is 0 Å². The first-order valence-corrected chi connectivity index (χ1v) is 6.04. The van der Waals surface area contributed by atoms with E-state index in [0.29, 0.717) is 13.2 Å². The summed E-state index contributed by atoms with van der Waals surface area (Å²) in [6, 6.07) is 0. The second kappa shape index (κ2) is 4.12. The molecule has 0 aromatic heterocycles. The Bertz CT molecular complexity index is 375. The lowest BCUT2D eigenvalue weighted by Crippen LogP contribution is -2.41. The molecule has 2 atom stereocenters. The van der Waals surface area contributed by atoms with Crippen LogP contribution in [0.15, 0.2) is 0 Å². The third kappa shape index (κ3) is 2.16. The van der Waals surface area contributed by atoms with Crippen molar-refractivity contribution in [1.82, 2.24) is 4.90 Å². The van der Waals surface area contributed by atoms with Gasteiger partial charge in [0.2, 0.25) is 0 Å². The average molecular weight is 257 g/mol. The minimum Gasteiger partial charge on any atom is -0.481 e. The number of amides is 1. The molecule has 2 fully saturated rings. The summed E-state index contributed by atoms with van der Waals surface area (Å²) >= 11 is 0. The molecule has 18 heavy (non-hydrogen) atoms. The number of fused-ring (bicyclic) bond motifs is 1. The third-order valence-electron chi connectivity index (χ3n) is 3.45. The first-order valence-electron chi connectivity index (χ1n) is 6.04. The molecule has 1 unspecified atom stereocenters. The molecule has 2 aliphatic rings. The molecule has 1 amide bonds. The number of likely N-dealkylation sites (tertiary alicyclic amines) is 1. The monoisotopic (exact) mass is 257 g/mol. The van der Waals surface area contributed by atoms with Crippen molar-refractivity contribution in [2.45, 2.75) is 26.4 Å². The number of nitrogens with zero attached hydrogens (tertiary/aromatic N) is 1. The average Bonchev–Trinajstić information content (AvgIpc) is 2.69. The predicted octanol–water partition coefficient (Wildman–Crippen LogP) is 0.954. The van der Waals surface area contributed by atoms with Crippen molar-refractivity contribution in [3.63, 3.8) is 0 Å². The van der Waals surface area contributed by atoms with E-state index in [2.05, 4.69) is 0 Å². The van der Waals surface area contributed by atoms with Crippen molar-refractivity contribution in [2.75, 3.05) is 26.3 Å². The van der Waals surface area contributed by atoms with Crippen LogP contribution in [-0.4, -0.2) is 54.0 Å². The third-order valence-corrected chi connectivity index (χ3v) is 3.45. The first-order chi connectivity index (χ1) is 8.24. The van der Waals surface area contributed by atoms with Gasteiger partial charge in [-0.2, -0.15) is 0 Å². The molecule has 0 bridgehead atoms. The van der Waals surface area contributed by atoms with Crippen LogP contribution in [0, 0.1) is 11.3 Å². The summed E-state index contributed by atoms with van der Waals surface area (Å²) in [5.41, 5.74) is -1.52. The maximum Gasteiger partial charge on any atom is 0.410 e. The fourth-order valence-electron chi connectivity index (χ4n) is 2.50. The number of hydrogen-bond acceptors (Lipinski definition) is 4. The summed E-state index contributed by atoms with van der Waals surface area (Å²) in [7, 11) is 0. The van der Waals surface area contributed by atoms with Crippen LogP contribution in [0.3, 0.4) is 0 Å². The van der Waals surface area contributed by atoms with E-state index in [0.717, 1.165) is 0 Å². The number of carbonyl (C=O) groups excluding carboxylic acids is 1. The summed E-state index contributed by atoms with van der Waals surface area (Å²) < 4.78 is 10.5. The van der Waals surface area contributed by atoms with Crippen molar-refractivity contribution in [2.24, 2.45) is 11.3 Å². The summed E-state index contributed by atoms with van der Waals surface area (Å²) in [5.74, 6) is -1.03. The SMILES string of the molecule is CC(C)(C)OC(=O)N1CC2COC[C@@]2(C(=O)O)C1. The van der Waals surface area contributed by atoms with Crippen LogP contribution in [0.5, 0.6) is 0 Å². The molecule has 2 rings (SSSR count). The lowest BCUT2D eigenvalue weighted by molar-refractivity contribution is -0.149. The van der Waals surface area contributed by atoms with Gasteiger partial charge in [-0.05, 0) is 20.8 Å². The Morgan fingerprint density at radius 1 is 1.44 bits per heavy atom. The Morgan fingerprint density at radius 2 is 2.11 bits per heavy atom. The van der Waals surface area contributed by atoms with Gasteiger partial charge in [0.15, 0.2) is 0 Å². The Labute approximate surface area is 106 Å². The highest BCUT2D eigenvalue weighted by molar-refractivity contribution is 5.79. The molecule has 0 radical (unpaired) electrons. The van der Waals surface area contributed by atoms with E-state index in [9.17, 15) is 14.7 Å². The molecule has 2 aliphatic heterocycles. The predicted molar refractivity (Wildman–Crippen MR) is 62.2 cm³/mol. The quantitative estimate of drug-likeness (QED) is 0.757. The largest absolute Gasteiger partial charge is 0.481 e. The van der Waals surface area contributed by atoms with E-state index in [-0.39, 0.29) is 19.1 Å². The highest BCUT2D eigenvalue weighted by Gasteiger charge is 2.57. The molecule has 2 saturated heterocycles. The van der Waals surface area contributed by atoms with Crippen molar-refractivity contribution in [3.05, 3.63) is 0 Å². The van der Waals surface area contributed by atoms with Crippen LogP contribution < -0.4 is 0 Å². The number of carbonyl (C=O) groups is 2. The first kappa shape index (κ1) is 13.1. The zero-order chi connectivity index (χ0) is 13.6. The van der Waals surface area contributed by atoms with Gasteiger partial charge in [-0.15, -0.1) is 0 Å². The van der Waals surface area contributed by atoms with E-state index < -0.39 is 23.1 Å². The van der Waals surface area contributed by atoms with Crippen LogP contribution in [0.25, 0.3) is 0 Å². The second-order valence-corrected chi connectivity index (χ2v) is 6.03. The van der Waals surface area contributed by atoms with Crippen molar-refractivity contribution in [1.29, 1.82) is 0 Å². The molecule has 0 aromatic carbocycles. The number of carboxylic acid groups (broad SMARTS) is 1. The van der Waals surface area contributed by atoms with E-state index in [4.69, 9.17) is 9.47 Å². The molecule has 6 heteroatoms. The minimum absolute atomic E-state index is 0.137. The van der Waals surface area contributed by atoms with Gasteiger partial charge in [0.25, 0.3) is 0 Å². The molecule has 0 spiro atoms. The Hall–Kier alpha value is -1.30. The number of hydrogen-bond donors (Lipinski definition) is 1. The fraction of sp³-hybridized carbons (Fsp3) is 0.833. The number of rotatable bonds is 1. The topological polar surface area (TPSA) is 76.1 Å². The Balaban J connectivity index is 2.08. The summed E-state index contributed by atoms with van der Waals surface area (Å²) in [5, 5.41) is 9.35. The number of ether oxygens (including phenoxy) is 2. The summed E-state index contributed by atoms with van der Waals surface area (Å²) in [6.45, 7) is 6.49. The standard InChI is InChI=1S/C12H19NO5/c1-11(2,3)18-10(16)13-4-8-5-17-7-12(8,6-13)9(14)15/h8H,4-7H2,1-3H3,(H,14,15)/t8?,12-/m0/s1. The number of aliphatic carboxylic acids is 1. The molecule has 0 saturated carbocycles. The fourth-order valence-corrected chi connectivity index (χ4v) is 2.50.